The Labute approximate surface area is 327 Å². The SMILES string of the molecule is COc1ccc(S(=O)(=O)NC(=O)[C@@]23C[C@@H]2/C=C\CCCCC[C@H](NC(=O)OC(C)(C)C)C(=O)N2C[C@H](OC(=O)N4CCc5ccccc5C4)C[C@H]2C(=O)N3)cc1. The number of amides is 5. The summed E-state index contributed by atoms with van der Waals surface area (Å²) in [4.78, 5) is 71.9. The number of ether oxygens (including phenoxy) is 3. The average Bonchev–Trinajstić information content (AvgIpc) is 3.69. The number of methoxy groups -OCH3 is 1. The standard InChI is InChI=1S/C40H51N5O10S/c1-39(2,3)55-37(49)41-32-15-9-7-5-6-8-14-28-23-40(28,36(48)43-56(51,52)31-18-16-29(53-4)17-19-31)42-34(46)33-22-30(25-45(33)35(32)47)54-38(50)44-21-20-26-12-10-11-13-27(26)24-44/h8,10-14,16-19,28,30,32-33H,5-7,9,15,20-25H2,1-4H3,(H,41,49)(H,42,46)(H,43,48)/b14-8-/t28-,30+,32-,33-,40+/m0/s1. The fourth-order valence-corrected chi connectivity index (χ4v) is 8.55. The van der Waals surface area contributed by atoms with Gasteiger partial charge in [-0.3, -0.25) is 14.4 Å². The van der Waals surface area contributed by atoms with Crippen LogP contribution in [0.5, 0.6) is 5.75 Å². The Morgan fingerprint density at radius 2 is 1.71 bits per heavy atom. The molecule has 1 saturated carbocycles. The third kappa shape index (κ3) is 9.45. The molecular formula is C40H51N5O10S. The van der Waals surface area contributed by atoms with Gasteiger partial charge in [-0.2, -0.15) is 0 Å². The molecule has 6 rings (SSSR count). The number of allylic oxidation sites excluding steroid dienone is 1. The molecule has 16 heteroatoms. The van der Waals surface area contributed by atoms with Crippen molar-refractivity contribution >= 4 is 39.9 Å². The van der Waals surface area contributed by atoms with Gasteiger partial charge >= 0.3 is 12.2 Å². The van der Waals surface area contributed by atoms with Gasteiger partial charge in [-0.25, -0.2) is 22.7 Å². The van der Waals surface area contributed by atoms with Crippen LogP contribution in [0.2, 0.25) is 0 Å². The first kappa shape index (κ1) is 40.5. The maximum Gasteiger partial charge on any atom is 0.410 e. The highest BCUT2D eigenvalue weighted by Crippen LogP contribution is 2.46. The normalized spacial score (nSPS) is 26.1. The van der Waals surface area contributed by atoms with E-state index < -0.39 is 75.2 Å². The number of hydrogen-bond donors (Lipinski definition) is 3. The Morgan fingerprint density at radius 1 is 0.982 bits per heavy atom. The summed E-state index contributed by atoms with van der Waals surface area (Å²) in [5, 5.41) is 5.51. The summed E-state index contributed by atoms with van der Waals surface area (Å²) in [5.41, 5.74) is -0.310. The number of sulfonamides is 1. The molecule has 56 heavy (non-hydrogen) atoms. The first-order valence-electron chi connectivity index (χ1n) is 19.1. The Balaban J connectivity index is 1.26. The highest BCUT2D eigenvalue weighted by molar-refractivity contribution is 7.90. The summed E-state index contributed by atoms with van der Waals surface area (Å²) in [6, 6.07) is 11.1. The van der Waals surface area contributed by atoms with Gasteiger partial charge in [0.25, 0.3) is 15.9 Å². The second-order valence-electron chi connectivity index (χ2n) is 15.8. The molecule has 2 fully saturated rings. The van der Waals surface area contributed by atoms with Gasteiger partial charge in [0.1, 0.15) is 35.1 Å². The minimum Gasteiger partial charge on any atom is -0.497 e. The number of rotatable bonds is 6. The first-order valence-corrected chi connectivity index (χ1v) is 20.6. The lowest BCUT2D eigenvalue weighted by atomic mass is 10.0. The zero-order chi connectivity index (χ0) is 40.3. The molecule has 0 bridgehead atoms. The van der Waals surface area contributed by atoms with Crippen LogP contribution in [0.4, 0.5) is 9.59 Å². The smallest absolute Gasteiger partial charge is 0.410 e. The van der Waals surface area contributed by atoms with Gasteiger partial charge in [-0.15, -0.1) is 0 Å². The number of fused-ring (bicyclic) bond motifs is 3. The molecule has 302 valence electrons. The van der Waals surface area contributed by atoms with Crippen molar-refractivity contribution in [3.8, 4) is 5.75 Å². The van der Waals surface area contributed by atoms with E-state index in [0.29, 0.717) is 38.1 Å². The van der Waals surface area contributed by atoms with Crippen molar-refractivity contribution in [2.45, 2.75) is 113 Å². The quantitative estimate of drug-likeness (QED) is 0.361. The maximum absolute atomic E-state index is 14.4. The largest absolute Gasteiger partial charge is 0.497 e. The van der Waals surface area contributed by atoms with Crippen LogP contribution < -0.4 is 20.1 Å². The number of nitrogens with zero attached hydrogens (tertiary/aromatic N) is 2. The first-order chi connectivity index (χ1) is 26.6. The van der Waals surface area contributed by atoms with Gasteiger partial charge in [0, 0.05) is 25.4 Å². The number of hydrogen-bond acceptors (Lipinski definition) is 10. The van der Waals surface area contributed by atoms with E-state index in [1.54, 1.807) is 25.7 Å². The molecule has 2 aromatic carbocycles. The van der Waals surface area contributed by atoms with E-state index in [1.165, 1.54) is 36.3 Å². The number of benzene rings is 2. The zero-order valence-corrected chi connectivity index (χ0v) is 33.1. The van der Waals surface area contributed by atoms with Crippen LogP contribution in [-0.4, -0.2) is 97.7 Å². The van der Waals surface area contributed by atoms with Crippen molar-refractivity contribution in [3.63, 3.8) is 0 Å². The lowest BCUT2D eigenvalue weighted by Crippen LogP contribution is -2.58. The van der Waals surface area contributed by atoms with E-state index in [1.807, 2.05) is 36.4 Å². The predicted octanol–water partition coefficient (Wildman–Crippen LogP) is 3.95. The number of alkyl carbamates (subject to hydrolysis) is 1. The Bertz CT molecular complexity index is 1960. The molecule has 3 heterocycles. The molecule has 1 aliphatic carbocycles. The summed E-state index contributed by atoms with van der Waals surface area (Å²) in [6.07, 6.45) is 5.10. The molecular weight excluding hydrogens is 743 g/mol. The van der Waals surface area contributed by atoms with Crippen molar-refractivity contribution in [2.75, 3.05) is 20.2 Å². The summed E-state index contributed by atoms with van der Waals surface area (Å²) in [6.45, 7) is 5.76. The summed E-state index contributed by atoms with van der Waals surface area (Å²) < 4.78 is 45.4. The second kappa shape index (κ2) is 16.5. The van der Waals surface area contributed by atoms with Crippen LogP contribution in [0.25, 0.3) is 0 Å². The molecule has 0 aromatic heterocycles. The monoisotopic (exact) mass is 793 g/mol. The minimum absolute atomic E-state index is 0.0880. The van der Waals surface area contributed by atoms with Gasteiger partial charge in [-0.1, -0.05) is 49.3 Å². The number of carbonyl (C=O) groups is 5. The Kier molecular flexibility index (Phi) is 12.0. The molecule has 3 N–H and O–H groups in total. The summed E-state index contributed by atoms with van der Waals surface area (Å²) in [7, 11) is -2.90. The fourth-order valence-electron chi connectivity index (χ4n) is 7.51. The van der Waals surface area contributed by atoms with Crippen molar-refractivity contribution < 1.29 is 46.6 Å². The van der Waals surface area contributed by atoms with E-state index in [-0.39, 0.29) is 30.7 Å². The van der Waals surface area contributed by atoms with E-state index in [4.69, 9.17) is 14.2 Å². The minimum atomic E-state index is -4.35. The third-order valence-corrected chi connectivity index (χ3v) is 11.9. The topological polar surface area (TPSA) is 190 Å². The molecule has 4 aliphatic rings. The van der Waals surface area contributed by atoms with E-state index in [9.17, 15) is 32.4 Å². The fraction of sp³-hybridized carbons (Fsp3) is 0.525. The van der Waals surface area contributed by atoms with E-state index in [2.05, 4.69) is 15.4 Å². The van der Waals surface area contributed by atoms with Crippen molar-refractivity contribution in [2.24, 2.45) is 5.92 Å². The molecule has 2 aromatic rings. The van der Waals surface area contributed by atoms with Crippen LogP contribution in [0.15, 0.2) is 65.6 Å². The van der Waals surface area contributed by atoms with E-state index in [0.717, 1.165) is 24.0 Å². The Morgan fingerprint density at radius 3 is 2.43 bits per heavy atom. The zero-order valence-electron chi connectivity index (χ0n) is 32.2. The highest BCUT2D eigenvalue weighted by Gasteiger charge is 2.61. The number of nitrogens with one attached hydrogen (secondary N) is 3. The molecule has 0 unspecified atom stereocenters. The van der Waals surface area contributed by atoms with E-state index >= 15 is 0 Å². The van der Waals surface area contributed by atoms with Gasteiger partial charge < -0.3 is 34.6 Å². The van der Waals surface area contributed by atoms with Gasteiger partial charge in [0.05, 0.1) is 18.6 Å². The molecule has 0 radical (unpaired) electrons. The van der Waals surface area contributed by atoms with Gasteiger partial charge in [-0.05, 0) is 88.3 Å². The summed E-state index contributed by atoms with van der Waals surface area (Å²) >= 11 is 0. The molecule has 5 atom stereocenters. The van der Waals surface area contributed by atoms with Crippen LogP contribution in [0.1, 0.15) is 76.8 Å². The van der Waals surface area contributed by atoms with Crippen LogP contribution in [0, 0.1) is 5.92 Å². The van der Waals surface area contributed by atoms with Crippen LogP contribution in [0.3, 0.4) is 0 Å². The van der Waals surface area contributed by atoms with Crippen molar-refractivity contribution in [1.29, 1.82) is 0 Å². The van der Waals surface area contributed by atoms with Crippen LogP contribution in [-0.2, 0) is 46.8 Å². The molecule has 0 spiro atoms. The molecule has 5 amide bonds. The molecule has 15 nitrogen and oxygen atoms in total. The van der Waals surface area contributed by atoms with Gasteiger partial charge in [0.15, 0.2) is 0 Å². The highest BCUT2D eigenvalue weighted by atomic mass is 32.2. The average molecular weight is 794 g/mol. The maximum atomic E-state index is 14.4. The lowest BCUT2D eigenvalue weighted by Gasteiger charge is -2.30. The van der Waals surface area contributed by atoms with Crippen molar-refractivity contribution in [3.05, 3.63) is 71.8 Å². The molecule has 3 aliphatic heterocycles. The number of carbonyl (C=O) groups excluding carboxylic acids is 5. The second-order valence-corrected chi connectivity index (χ2v) is 17.5. The van der Waals surface area contributed by atoms with Gasteiger partial charge in [0.2, 0.25) is 11.8 Å². The summed E-state index contributed by atoms with van der Waals surface area (Å²) in [5.74, 6) is -2.30. The Hall–Kier alpha value is -5.12. The third-order valence-electron chi connectivity index (χ3n) is 10.6. The molecule has 1 saturated heterocycles. The van der Waals surface area contributed by atoms with Crippen molar-refractivity contribution in [1.82, 2.24) is 25.2 Å². The predicted molar refractivity (Wildman–Crippen MR) is 204 cm³/mol. The van der Waals surface area contributed by atoms with Crippen LogP contribution >= 0.6 is 0 Å². The lowest BCUT2D eigenvalue weighted by molar-refractivity contribution is -0.141.